The highest BCUT2D eigenvalue weighted by Gasteiger charge is 2.01. The normalized spacial score (nSPS) is 10.5. The summed E-state index contributed by atoms with van der Waals surface area (Å²) in [4.78, 5) is 4.02. The molecular weight excluding hydrogens is 210 g/mol. The molecule has 1 heterocycles. The van der Waals surface area contributed by atoms with E-state index in [1.165, 1.54) is 11.1 Å². The van der Waals surface area contributed by atoms with Crippen LogP contribution in [0.25, 0.3) is 0 Å². The Bertz CT molecular complexity index is 465. The third-order valence-electron chi connectivity index (χ3n) is 2.66. The molecule has 0 amide bonds. The molecule has 1 aromatic carbocycles. The van der Waals surface area contributed by atoms with Gasteiger partial charge in [-0.15, -0.1) is 0 Å². The van der Waals surface area contributed by atoms with Crippen LogP contribution in [0.15, 0.2) is 48.8 Å². The van der Waals surface area contributed by atoms with E-state index in [1.54, 1.807) is 12.4 Å². The van der Waals surface area contributed by atoms with Gasteiger partial charge in [0.2, 0.25) is 0 Å². The number of nitrogens with zero attached hydrogens (tertiary/aromatic N) is 1. The molecule has 0 unspecified atom stereocenters. The fourth-order valence-corrected chi connectivity index (χ4v) is 1.64. The molecule has 0 saturated carbocycles. The molecule has 0 aliphatic rings. The molecule has 0 atom stereocenters. The second kappa shape index (κ2) is 5.48. The van der Waals surface area contributed by atoms with Crippen molar-refractivity contribution in [3.63, 3.8) is 0 Å². The van der Waals surface area contributed by atoms with Gasteiger partial charge < -0.3 is 4.74 Å². The van der Waals surface area contributed by atoms with Crippen molar-refractivity contribution in [2.45, 2.75) is 26.4 Å². The van der Waals surface area contributed by atoms with Crippen LogP contribution in [-0.2, 0) is 6.61 Å². The summed E-state index contributed by atoms with van der Waals surface area (Å²) < 4.78 is 5.66. The van der Waals surface area contributed by atoms with Gasteiger partial charge in [0, 0.05) is 6.20 Å². The van der Waals surface area contributed by atoms with Crippen LogP contribution in [0.1, 0.15) is 30.9 Å². The van der Waals surface area contributed by atoms with Gasteiger partial charge in [-0.3, -0.25) is 4.98 Å². The van der Waals surface area contributed by atoms with E-state index in [4.69, 9.17) is 4.74 Å². The molecule has 0 radical (unpaired) electrons. The van der Waals surface area contributed by atoms with Gasteiger partial charge in [0.15, 0.2) is 0 Å². The quantitative estimate of drug-likeness (QED) is 0.793. The molecule has 2 aromatic rings. The van der Waals surface area contributed by atoms with E-state index in [2.05, 4.69) is 43.1 Å². The fraction of sp³-hybridized carbons (Fsp3) is 0.267. The maximum absolute atomic E-state index is 5.66. The van der Waals surface area contributed by atoms with Gasteiger partial charge in [0.25, 0.3) is 0 Å². The average Bonchev–Trinajstić information content (AvgIpc) is 2.38. The minimum Gasteiger partial charge on any atom is -0.487 e. The number of hydrogen-bond acceptors (Lipinski definition) is 2. The highest BCUT2D eigenvalue weighted by Crippen LogP contribution is 2.17. The topological polar surface area (TPSA) is 22.1 Å². The first kappa shape index (κ1) is 11.6. The SMILES string of the molecule is CC(C)c1cccc(COc2cccnc2)c1. The maximum Gasteiger partial charge on any atom is 0.138 e. The molecule has 88 valence electrons. The van der Waals surface area contributed by atoms with E-state index in [0.29, 0.717) is 12.5 Å². The Morgan fingerprint density at radius 3 is 2.76 bits per heavy atom. The van der Waals surface area contributed by atoms with E-state index in [-0.39, 0.29) is 0 Å². The smallest absolute Gasteiger partial charge is 0.138 e. The summed E-state index contributed by atoms with van der Waals surface area (Å²) >= 11 is 0. The maximum atomic E-state index is 5.66. The van der Waals surface area contributed by atoms with Gasteiger partial charge in [-0.2, -0.15) is 0 Å². The minimum atomic E-state index is 0.549. The Balaban J connectivity index is 2.02. The molecule has 0 bridgehead atoms. The van der Waals surface area contributed by atoms with E-state index in [9.17, 15) is 0 Å². The van der Waals surface area contributed by atoms with Crippen molar-refractivity contribution < 1.29 is 4.74 Å². The molecule has 0 aliphatic carbocycles. The number of pyridine rings is 1. The molecule has 1 aromatic heterocycles. The van der Waals surface area contributed by atoms with Crippen molar-refractivity contribution in [1.29, 1.82) is 0 Å². The van der Waals surface area contributed by atoms with Gasteiger partial charge in [-0.1, -0.05) is 38.1 Å². The van der Waals surface area contributed by atoms with E-state index in [0.717, 1.165) is 5.75 Å². The zero-order valence-electron chi connectivity index (χ0n) is 10.3. The molecular formula is C15H17NO. The fourth-order valence-electron chi connectivity index (χ4n) is 1.64. The Labute approximate surface area is 102 Å². The van der Waals surface area contributed by atoms with Crippen LogP contribution in [0.5, 0.6) is 5.75 Å². The van der Waals surface area contributed by atoms with Gasteiger partial charge in [0.1, 0.15) is 12.4 Å². The van der Waals surface area contributed by atoms with Crippen molar-refractivity contribution in [2.75, 3.05) is 0 Å². The van der Waals surface area contributed by atoms with Crippen molar-refractivity contribution >= 4 is 0 Å². The number of hydrogen-bond donors (Lipinski definition) is 0. The zero-order valence-corrected chi connectivity index (χ0v) is 10.3. The number of benzene rings is 1. The van der Waals surface area contributed by atoms with E-state index in [1.807, 2.05) is 12.1 Å². The van der Waals surface area contributed by atoms with Crippen LogP contribution in [0.2, 0.25) is 0 Å². The Morgan fingerprint density at radius 1 is 1.18 bits per heavy atom. The molecule has 2 nitrogen and oxygen atoms in total. The Morgan fingerprint density at radius 2 is 2.06 bits per heavy atom. The van der Waals surface area contributed by atoms with Crippen molar-refractivity contribution in [3.05, 3.63) is 59.9 Å². The standard InChI is InChI=1S/C15H17NO/c1-12(2)14-6-3-5-13(9-14)11-17-15-7-4-8-16-10-15/h3-10,12H,11H2,1-2H3. The van der Waals surface area contributed by atoms with Crippen molar-refractivity contribution in [3.8, 4) is 5.75 Å². The zero-order chi connectivity index (χ0) is 12.1. The van der Waals surface area contributed by atoms with E-state index >= 15 is 0 Å². The molecule has 0 aliphatic heterocycles. The lowest BCUT2D eigenvalue weighted by atomic mass is 10.0. The first-order chi connectivity index (χ1) is 8.25. The molecule has 2 rings (SSSR count). The second-order valence-electron chi connectivity index (χ2n) is 4.38. The molecule has 0 fully saturated rings. The summed E-state index contributed by atoms with van der Waals surface area (Å²) in [6, 6.07) is 12.3. The van der Waals surface area contributed by atoms with Crippen molar-refractivity contribution in [2.24, 2.45) is 0 Å². The minimum absolute atomic E-state index is 0.549. The first-order valence-electron chi connectivity index (χ1n) is 5.87. The molecule has 0 saturated heterocycles. The van der Waals surface area contributed by atoms with Crippen LogP contribution in [0.4, 0.5) is 0 Å². The van der Waals surface area contributed by atoms with Gasteiger partial charge in [-0.25, -0.2) is 0 Å². The third kappa shape index (κ3) is 3.31. The van der Waals surface area contributed by atoms with Crippen LogP contribution in [0, 0.1) is 0 Å². The predicted octanol–water partition coefficient (Wildman–Crippen LogP) is 3.78. The van der Waals surface area contributed by atoms with Gasteiger partial charge in [-0.05, 0) is 29.2 Å². The lowest BCUT2D eigenvalue weighted by Crippen LogP contribution is -1.97. The predicted molar refractivity (Wildman–Crippen MR) is 69.1 cm³/mol. The highest BCUT2D eigenvalue weighted by atomic mass is 16.5. The number of ether oxygens (including phenoxy) is 1. The third-order valence-corrected chi connectivity index (χ3v) is 2.66. The van der Waals surface area contributed by atoms with Gasteiger partial charge in [0.05, 0.1) is 6.20 Å². The average molecular weight is 227 g/mol. The van der Waals surface area contributed by atoms with Gasteiger partial charge >= 0.3 is 0 Å². The molecule has 2 heteroatoms. The molecule has 17 heavy (non-hydrogen) atoms. The summed E-state index contributed by atoms with van der Waals surface area (Å²) in [5, 5.41) is 0. The van der Waals surface area contributed by atoms with E-state index < -0.39 is 0 Å². The lowest BCUT2D eigenvalue weighted by Gasteiger charge is -2.09. The Hall–Kier alpha value is -1.83. The summed E-state index contributed by atoms with van der Waals surface area (Å²) in [6.07, 6.45) is 3.47. The van der Waals surface area contributed by atoms with Crippen molar-refractivity contribution in [1.82, 2.24) is 4.98 Å². The van der Waals surface area contributed by atoms with Crippen LogP contribution < -0.4 is 4.74 Å². The molecule has 0 spiro atoms. The first-order valence-corrected chi connectivity index (χ1v) is 5.87. The number of aromatic nitrogens is 1. The second-order valence-corrected chi connectivity index (χ2v) is 4.38. The summed E-state index contributed by atoms with van der Waals surface area (Å²) in [7, 11) is 0. The van der Waals surface area contributed by atoms with Crippen LogP contribution >= 0.6 is 0 Å². The van der Waals surface area contributed by atoms with Crippen LogP contribution in [-0.4, -0.2) is 4.98 Å². The Kier molecular flexibility index (Phi) is 3.76. The largest absolute Gasteiger partial charge is 0.487 e. The summed E-state index contributed by atoms with van der Waals surface area (Å²) in [5.41, 5.74) is 2.54. The molecule has 0 N–H and O–H groups in total. The number of rotatable bonds is 4. The summed E-state index contributed by atoms with van der Waals surface area (Å²) in [6.45, 7) is 4.98. The lowest BCUT2D eigenvalue weighted by molar-refractivity contribution is 0.305. The van der Waals surface area contributed by atoms with Crippen LogP contribution in [0.3, 0.4) is 0 Å². The highest BCUT2D eigenvalue weighted by molar-refractivity contribution is 5.26. The summed E-state index contributed by atoms with van der Waals surface area (Å²) in [5.74, 6) is 1.36. The monoisotopic (exact) mass is 227 g/mol.